The number of rotatable bonds is 2. The monoisotopic (exact) mass is 299 g/mol. The number of carbonyl (C=O) groups is 2. The van der Waals surface area contributed by atoms with Crippen molar-refractivity contribution in [1.29, 1.82) is 0 Å². The summed E-state index contributed by atoms with van der Waals surface area (Å²) in [5.74, 6) is -0.253. The molecule has 0 fully saturated rings. The molecule has 112 valence electrons. The molecule has 0 bridgehead atoms. The Kier molecular flexibility index (Phi) is 3.63. The first-order valence-corrected chi connectivity index (χ1v) is 6.89. The Morgan fingerprint density at radius 2 is 2.05 bits per heavy atom. The van der Waals surface area contributed by atoms with Crippen molar-refractivity contribution in [2.24, 2.45) is 0 Å². The number of methoxy groups -OCH3 is 1. The Bertz CT molecular complexity index is 757. The van der Waals surface area contributed by atoms with Crippen molar-refractivity contribution in [2.75, 3.05) is 18.6 Å². The molecule has 0 N–H and O–H groups in total. The van der Waals surface area contributed by atoms with Gasteiger partial charge in [-0.25, -0.2) is 4.39 Å². The van der Waals surface area contributed by atoms with Gasteiger partial charge in [-0.15, -0.1) is 0 Å². The van der Waals surface area contributed by atoms with E-state index in [9.17, 15) is 14.0 Å². The molecule has 1 aliphatic heterocycles. The van der Waals surface area contributed by atoms with Gasteiger partial charge in [0.15, 0.2) is 5.78 Å². The van der Waals surface area contributed by atoms with Crippen LogP contribution in [0.5, 0.6) is 5.75 Å². The number of nitrogens with zero attached hydrogens (tertiary/aromatic N) is 1. The van der Waals surface area contributed by atoms with Crippen LogP contribution in [-0.2, 0) is 0 Å². The largest absolute Gasteiger partial charge is 0.497 e. The van der Waals surface area contributed by atoms with Crippen molar-refractivity contribution in [2.45, 2.75) is 6.42 Å². The lowest BCUT2D eigenvalue weighted by Crippen LogP contribution is -2.37. The number of carbonyl (C=O) groups excluding carboxylic acids is 2. The second-order valence-corrected chi connectivity index (χ2v) is 5.02. The minimum Gasteiger partial charge on any atom is -0.497 e. The molecule has 0 aromatic heterocycles. The van der Waals surface area contributed by atoms with Gasteiger partial charge in [-0.3, -0.25) is 9.59 Å². The van der Waals surface area contributed by atoms with Gasteiger partial charge in [0.1, 0.15) is 11.6 Å². The fourth-order valence-electron chi connectivity index (χ4n) is 2.56. The van der Waals surface area contributed by atoms with Gasteiger partial charge in [0, 0.05) is 24.1 Å². The van der Waals surface area contributed by atoms with Crippen LogP contribution < -0.4 is 9.64 Å². The Balaban J connectivity index is 2.02. The van der Waals surface area contributed by atoms with Crippen LogP contribution in [0.3, 0.4) is 0 Å². The van der Waals surface area contributed by atoms with Gasteiger partial charge in [0.2, 0.25) is 0 Å². The molecule has 1 heterocycles. The minimum absolute atomic E-state index is 0.0304. The SMILES string of the molecule is COc1ccc2c(c1)C(=O)CCN2C(=O)c1cccc(F)c1. The second-order valence-electron chi connectivity index (χ2n) is 5.02. The number of ether oxygens (including phenoxy) is 1. The van der Waals surface area contributed by atoms with Gasteiger partial charge in [0.05, 0.1) is 12.8 Å². The molecule has 5 heteroatoms. The van der Waals surface area contributed by atoms with Gasteiger partial charge in [-0.1, -0.05) is 6.07 Å². The first kappa shape index (κ1) is 14.3. The molecule has 1 aliphatic rings. The molecule has 0 saturated heterocycles. The number of anilines is 1. The molecule has 0 aliphatic carbocycles. The third-order valence-corrected chi connectivity index (χ3v) is 3.67. The van der Waals surface area contributed by atoms with Crippen molar-refractivity contribution >= 4 is 17.4 Å². The van der Waals surface area contributed by atoms with Crippen LogP contribution in [0.2, 0.25) is 0 Å². The summed E-state index contributed by atoms with van der Waals surface area (Å²) >= 11 is 0. The molecule has 2 aromatic rings. The summed E-state index contributed by atoms with van der Waals surface area (Å²) < 4.78 is 18.4. The number of benzene rings is 2. The van der Waals surface area contributed by atoms with Crippen LogP contribution in [0.4, 0.5) is 10.1 Å². The van der Waals surface area contributed by atoms with E-state index in [4.69, 9.17) is 4.74 Å². The Hall–Kier alpha value is -2.69. The molecular weight excluding hydrogens is 285 g/mol. The summed E-state index contributed by atoms with van der Waals surface area (Å²) in [7, 11) is 1.52. The number of fused-ring (bicyclic) bond motifs is 1. The van der Waals surface area contributed by atoms with E-state index in [1.165, 1.54) is 30.2 Å². The standard InChI is InChI=1S/C17H14FNO3/c1-22-13-5-6-15-14(10-13)16(20)7-8-19(15)17(21)11-3-2-4-12(18)9-11/h2-6,9-10H,7-8H2,1H3. The van der Waals surface area contributed by atoms with Crippen molar-refractivity contribution in [3.63, 3.8) is 0 Å². The quantitative estimate of drug-likeness (QED) is 0.856. The van der Waals surface area contributed by atoms with Gasteiger partial charge in [-0.2, -0.15) is 0 Å². The van der Waals surface area contributed by atoms with E-state index in [0.717, 1.165) is 0 Å². The van der Waals surface area contributed by atoms with E-state index in [-0.39, 0.29) is 30.2 Å². The molecule has 4 nitrogen and oxygen atoms in total. The molecule has 0 radical (unpaired) electrons. The van der Waals surface area contributed by atoms with Crippen LogP contribution in [-0.4, -0.2) is 25.3 Å². The lowest BCUT2D eigenvalue weighted by Gasteiger charge is -2.29. The average molecular weight is 299 g/mol. The van der Waals surface area contributed by atoms with Crippen LogP contribution in [0, 0.1) is 5.82 Å². The predicted molar refractivity (Wildman–Crippen MR) is 80.0 cm³/mol. The first-order valence-electron chi connectivity index (χ1n) is 6.89. The number of Topliss-reactive ketones (excluding diaryl/α,β-unsaturated/α-hetero) is 1. The van der Waals surface area contributed by atoms with E-state index in [2.05, 4.69) is 0 Å². The number of hydrogen-bond donors (Lipinski definition) is 0. The van der Waals surface area contributed by atoms with Gasteiger partial charge in [0.25, 0.3) is 5.91 Å². The summed E-state index contributed by atoms with van der Waals surface area (Å²) in [6, 6.07) is 10.5. The van der Waals surface area contributed by atoms with Crippen molar-refractivity contribution in [1.82, 2.24) is 0 Å². The normalized spacial score (nSPS) is 13.7. The summed E-state index contributed by atoms with van der Waals surface area (Å²) in [6.07, 6.45) is 0.237. The van der Waals surface area contributed by atoms with E-state index >= 15 is 0 Å². The number of halogens is 1. The van der Waals surface area contributed by atoms with Gasteiger partial charge >= 0.3 is 0 Å². The van der Waals surface area contributed by atoms with Crippen molar-refractivity contribution in [3.05, 3.63) is 59.4 Å². The second kappa shape index (κ2) is 5.60. The summed E-state index contributed by atoms with van der Waals surface area (Å²) in [5.41, 5.74) is 1.25. The molecule has 1 amide bonds. The highest BCUT2D eigenvalue weighted by Gasteiger charge is 2.28. The smallest absolute Gasteiger partial charge is 0.258 e. The predicted octanol–water partition coefficient (Wildman–Crippen LogP) is 3.07. The molecule has 22 heavy (non-hydrogen) atoms. The number of amides is 1. The summed E-state index contributed by atoms with van der Waals surface area (Å²) in [5, 5.41) is 0. The maximum Gasteiger partial charge on any atom is 0.258 e. The van der Waals surface area contributed by atoms with Crippen LogP contribution in [0.1, 0.15) is 27.1 Å². The Labute approximate surface area is 127 Å². The van der Waals surface area contributed by atoms with Gasteiger partial charge < -0.3 is 9.64 Å². The Morgan fingerprint density at radius 1 is 1.23 bits per heavy atom. The van der Waals surface area contributed by atoms with Crippen LogP contribution in [0.25, 0.3) is 0 Å². The van der Waals surface area contributed by atoms with Gasteiger partial charge in [-0.05, 0) is 36.4 Å². The number of ketones is 1. The van der Waals surface area contributed by atoms with E-state index in [1.807, 2.05) is 0 Å². The van der Waals surface area contributed by atoms with Crippen LogP contribution in [0.15, 0.2) is 42.5 Å². The van der Waals surface area contributed by atoms with E-state index in [0.29, 0.717) is 17.0 Å². The zero-order valence-corrected chi connectivity index (χ0v) is 12.0. The average Bonchev–Trinajstić information content (AvgIpc) is 2.54. The molecule has 0 spiro atoms. The first-order chi connectivity index (χ1) is 10.6. The summed E-state index contributed by atoms with van der Waals surface area (Å²) in [6.45, 7) is 0.285. The third-order valence-electron chi connectivity index (χ3n) is 3.67. The highest BCUT2D eigenvalue weighted by molar-refractivity contribution is 6.13. The zero-order chi connectivity index (χ0) is 15.7. The molecule has 3 rings (SSSR count). The molecule has 0 saturated carbocycles. The molecule has 2 aromatic carbocycles. The molecule has 0 atom stereocenters. The Morgan fingerprint density at radius 3 is 2.77 bits per heavy atom. The molecule has 0 unspecified atom stereocenters. The minimum atomic E-state index is -0.464. The maximum atomic E-state index is 13.3. The highest BCUT2D eigenvalue weighted by atomic mass is 19.1. The van der Waals surface area contributed by atoms with Crippen molar-refractivity contribution < 1.29 is 18.7 Å². The third kappa shape index (κ3) is 2.45. The zero-order valence-electron chi connectivity index (χ0n) is 12.0. The lowest BCUT2D eigenvalue weighted by atomic mass is 9.99. The maximum absolute atomic E-state index is 13.3. The highest BCUT2D eigenvalue weighted by Crippen LogP contribution is 2.31. The topological polar surface area (TPSA) is 46.6 Å². The molecular formula is C17H14FNO3. The fourth-order valence-corrected chi connectivity index (χ4v) is 2.56. The van der Waals surface area contributed by atoms with E-state index in [1.54, 1.807) is 24.3 Å². The van der Waals surface area contributed by atoms with E-state index < -0.39 is 5.82 Å². The number of hydrogen-bond acceptors (Lipinski definition) is 3. The lowest BCUT2D eigenvalue weighted by molar-refractivity contribution is 0.0954. The van der Waals surface area contributed by atoms with Crippen molar-refractivity contribution in [3.8, 4) is 5.75 Å². The van der Waals surface area contributed by atoms with Crippen LogP contribution >= 0.6 is 0 Å². The summed E-state index contributed by atoms with van der Waals surface area (Å²) in [4.78, 5) is 26.2. The fraction of sp³-hybridized carbons (Fsp3) is 0.176.